The Hall–Kier alpha value is -0.660. The van der Waals surface area contributed by atoms with Crippen LogP contribution in [0.2, 0.25) is 0 Å². The second-order valence-corrected chi connectivity index (χ2v) is 8.25. The first kappa shape index (κ1) is 14.7. The van der Waals surface area contributed by atoms with E-state index in [-0.39, 0.29) is 11.3 Å². The Labute approximate surface area is 118 Å². The van der Waals surface area contributed by atoms with Crippen molar-refractivity contribution in [1.82, 2.24) is 9.69 Å². The van der Waals surface area contributed by atoms with Crippen LogP contribution in [0.4, 0.5) is 0 Å². The Balaban J connectivity index is 1.86. The number of methoxy groups -OCH3 is 1. The topological polar surface area (TPSA) is 68.3 Å². The number of aromatic nitrogens is 1. The third-order valence-electron chi connectivity index (χ3n) is 3.54. The molecule has 1 aliphatic carbocycles. The lowest BCUT2D eigenvalue weighted by Gasteiger charge is -2.28. The maximum absolute atomic E-state index is 11.6. The molecular weight excluding hydrogens is 284 g/mol. The molecule has 0 aliphatic heterocycles. The van der Waals surface area contributed by atoms with Crippen molar-refractivity contribution in [1.29, 1.82) is 0 Å². The van der Waals surface area contributed by atoms with Gasteiger partial charge in [-0.25, -0.2) is 8.42 Å². The summed E-state index contributed by atoms with van der Waals surface area (Å²) in [5.41, 5.74) is 0. The van der Waals surface area contributed by atoms with Crippen LogP contribution in [0.3, 0.4) is 0 Å². The summed E-state index contributed by atoms with van der Waals surface area (Å²) in [5, 5.41) is 3.24. The second-order valence-electron chi connectivity index (χ2n) is 5.03. The van der Waals surface area contributed by atoms with E-state index >= 15 is 0 Å². The zero-order chi connectivity index (χ0) is 13.9. The Morgan fingerprint density at radius 1 is 1.53 bits per heavy atom. The number of ether oxygens (including phenoxy) is 1. The Morgan fingerprint density at radius 2 is 2.32 bits per heavy atom. The highest BCUT2D eigenvalue weighted by Gasteiger charge is 2.28. The van der Waals surface area contributed by atoms with Crippen LogP contribution in [0.25, 0.3) is 0 Å². The van der Waals surface area contributed by atoms with Gasteiger partial charge in [0.1, 0.15) is 9.84 Å². The molecule has 1 heterocycles. The SMILES string of the molecule is COc1cc(CNC2CCCC(S(C)(=O)=O)C2)sn1. The minimum absolute atomic E-state index is 0.185. The highest BCUT2D eigenvalue weighted by Crippen LogP contribution is 2.24. The first-order valence-electron chi connectivity index (χ1n) is 6.41. The van der Waals surface area contributed by atoms with Gasteiger partial charge in [0.2, 0.25) is 5.88 Å². The Bertz CT molecular complexity index is 513. The minimum Gasteiger partial charge on any atom is -0.480 e. The molecule has 1 aromatic rings. The summed E-state index contributed by atoms with van der Waals surface area (Å²) in [5.74, 6) is 0.638. The molecule has 2 unspecified atom stereocenters. The number of hydrogen-bond donors (Lipinski definition) is 1. The molecule has 0 spiro atoms. The van der Waals surface area contributed by atoms with E-state index in [2.05, 4.69) is 9.69 Å². The standard InChI is InChI=1S/C12H20N2O3S2/c1-17-12-7-10(18-14-12)8-13-9-4-3-5-11(6-9)19(2,15)16/h7,9,11,13H,3-6,8H2,1-2H3. The first-order chi connectivity index (χ1) is 8.99. The summed E-state index contributed by atoms with van der Waals surface area (Å²) in [6.07, 6.45) is 4.87. The van der Waals surface area contributed by atoms with Crippen LogP contribution in [-0.2, 0) is 16.4 Å². The summed E-state index contributed by atoms with van der Waals surface area (Å²) in [6.45, 7) is 0.724. The Kier molecular flexibility index (Phi) is 4.81. The summed E-state index contributed by atoms with van der Waals surface area (Å²) in [4.78, 5) is 1.11. The van der Waals surface area contributed by atoms with Crippen LogP contribution in [0.1, 0.15) is 30.6 Å². The third-order valence-corrected chi connectivity index (χ3v) is 5.95. The Morgan fingerprint density at radius 3 is 2.95 bits per heavy atom. The van der Waals surface area contributed by atoms with Crippen molar-refractivity contribution in [2.45, 2.75) is 43.5 Å². The number of hydrogen-bond acceptors (Lipinski definition) is 6. The lowest BCUT2D eigenvalue weighted by Crippen LogP contribution is -2.38. The molecule has 1 saturated carbocycles. The molecule has 1 fully saturated rings. The molecule has 1 aliphatic rings. The maximum atomic E-state index is 11.6. The van der Waals surface area contributed by atoms with Crippen molar-refractivity contribution in [3.8, 4) is 5.88 Å². The molecule has 5 nitrogen and oxygen atoms in total. The molecular formula is C12H20N2O3S2. The quantitative estimate of drug-likeness (QED) is 0.895. The molecule has 0 radical (unpaired) electrons. The number of sulfone groups is 1. The number of rotatable bonds is 5. The van der Waals surface area contributed by atoms with Gasteiger partial charge in [0, 0.05) is 29.8 Å². The molecule has 19 heavy (non-hydrogen) atoms. The molecule has 1 N–H and O–H groups in total. The normalized spacial score (nSPS) is 24.3. The summed E-state index contributed by atoms with van der Waals surface area (Å²) in [7, 11) is -1.31. The molecule has 1 aromatic heterocycles. The van der Waals surface area contributed by atoms with Crippen LogP contribution >= 0.6 is 11.5 Å². The van der Waals surface area contributed by atoms with E-state index in [1.165, 1.54) is 17.8 Å². The molecule has 0 amide bonds. The highest BCUT2D eigenvalue weighted by molar-refractivity contribution is 7.91. The molecule has 0 bridgehead atoms. The fraction of sp³-hybridized carbons (Fsp3) is 0.750. The minimum atomic E-state index is -2.91. The van der Waals surface area contributed by atoms with E-state index in [1.807, 2.05) is 6.07 Å². The van der Waals surface area contributed by atoms with Gasteiger partial charge in [-0.1, -0.05) is 6.42 Å². The predicted octanol–water partition coefficient (Wildman–Crippen LogP) is 1.60. The molecule has 7 heteroatoms. The number of nitrogens with one attached hydrogen (secondary N) is 1. The van der Waals surface area contributed by atoms with Gasteiger partial charge in [0.05, 0.1) is 12.4 Å². The fourth-order valence-electron chi connectivity index (χ4n) is 2.44. The lowest BCUT2D eigenvalue weighted by atomic mass is 9.95. The smallest absolute Gasteiger partial charge is 0.225 e. The van der Waals surface area contributed by atoms with Crippen molar-refractivity contribution >= 4 is 21.4 Å². The van der Waals surface area contributed by atoms with E-state index in [1.54, 1.807) is 7.11 Å². The average Bonchev–Trinajstić information content (AvgIpc) is 2.84. The summed E-state index contributed by atoms with van der Waals surface area (Å²) < 4.78 is 32.4. The van der Waals surface area contributed by atoms with Gasteiger partial charge in [0.25, 0.3) is 0 Å². The van der Waals surface area contributed by atoms with Crippen molar-refractivity contribution in [2.75, 3.05) is 13.4 Å². The summed E-state index contributed by atoms with van der Waals surface area (Å²) in [6, 6.07) is 2.19. The largest absolute Gasteiger partial charge is 0.480 e. The molecule has 2 atom stereocenters. The van der Waals surface area contributed by atoms with Gasteiger partial charge in [-0.05, 0) is 30.8 Å². The van der Waals surface area contributed by atoms with Gasteiger partial charge in [-0.2, -0.15) is 4.37 Å². The van der Waals surface area contributed by atoms with E-state index in [0.717, 1.165) is 37.1 Å². The maximum Gasteiger partial charge on any atom is 0.225 e. The molecule has 2 rings (SSSR count). The van der Waals surface area contributed by atoms with Crippen molar-refractivity contribution < 1.29 is 13.2 Å². The van der Waals surface area contributed by atoms with Gasteiger partial charge in [-0.15, -0.1) is 0 Å². The van der Waals surface area contributed by atoms with Gasteiger partial charge in [-0.3, -0.25) is 0 Å². The van der Waals surface area contributed by atoms with Crippen LogP contribution in [0.15, 0.2) is 6.07 Å². The number of nitrogens with zero attached hydrogens (tertiary/aromatic N) is 1. The third kappa shape index (κ3) is 4.15. The van der Waals surface area contributed by atoms with Gasteiger partial charge in [0.15, 0.2) is 0 Å². The van der Waals surface area contributed by atoms with Crippen molar-refractivity contribution in [3.05, 3.63) is 10.9 Å². The van der Waals surface area contributed by atoms with E-state index in [0.29, 0.717) is 5.88 Å². The second kappa shape index (κ2) is 6.19. The van der Waals surface area contributed by atoms with Crippen LogP contribution in [0.5, 0.6) is 5.88 Å². The van der Waals surface area contributed by atoms with E-state index < -0.39 is 9.84 Å². The lowest BCUT2D eigenvalue weighted by molar-refractivity contribution is 0.371. The summed E-state index contributed by atoms with van der Waals surface area (Å²) >= 11 is 1.41. The molecule has 0 aromatic carbocycles. The van der Waals surface area contributed by atoms with Crippen molar-refractivity contribution in [3.63, 3.8) is 0 Å². The van der Waals surface area contributed by atoms with Gasteiger partial charge < -0.3 is 10.1 Å². The van der Waals surface area contributed by atoms with Crippen LogP contribution in [0, 0.1) is 0 Å². The van der Waals surface area contributed by atoms with Gasteiger partial charge >= 0.3 is 0 Å². The molecule has 0 saturated heterocycles. The fourth-order valence-corrected chi connectivity index (χ4v) is 4.25. The first-order valence-corrected chi connectivity index (χ1v) is 9.13. The van der Waals surface area contributed by atoms with E-state index in [4.69, 9.17) is 4.74 Å². The van der Waals surface area contributed by atoms with Crippen LogP contribution < -0.4 is 10.1 Å². The average molecular weight is 304 g/mol. The van der Waals surface area contributed by atoms with Crippen LogP contribution in [-0.4, -0.2) is 37.4 Å². The monoisotopic (exact) mass is 304 g/mol. The zero-order valence-corrected chi connectivity index (χ0v) is 12.9. The molecule has 108 valence electrons. The highest BCUT2D eigenvalue weighted by atomic mass is 32.2. The predicted molar refractivity (Wildman–Crippen MR) is 76.4 cm³/mol. The zero-order valence-electron chi connectivity index (χ0n) is 11.3. The van der Waals surface area contributed by atoms with E-state index in [9.17, 15) is 8.42 Å². The van der Waals surface area contributed by atoms with Crippen molar-refractivity contribution in [2.24, 2.45) is 0 Å².